The molecule has 0 N–H and O–H groups in total. The highest BCUT2D eigenvalue weighted by Gasteiger charge is 2.32. The topological polar surface area (TPSA) is 29.5 Å². The smallest absolute Gasteiger partial charge is 0.409 e. The molecular formula is C6H10F3NO2. The lowest BCUT2D eigenvalue weighted by molar-refractivity contribution is -0.141. The number of methoxy groups -OCH3 is 1. The normalized spacial score (nSPS) is 11.1. The lowest BCUT2D eigenvalue weighted by atomic mass is 10.5. The first-order chi connectivity index (χ1) is 5.40. The molecule has 0 radical (unpaired) electrons. The van der Waals surface area contributed by atoms with E-state index in [0.717, 1.165) is 7.11 Å². The fraction of sp³-hybridized carbons (Fsp3) is 0.833. The van der Waals surface area contributed by atoms with Gasteiger partial charge in [0.15, 0.2) is 0 Å². The molecule has 0 atom stereocenters. The summed E-state index contributed by atoms with van der Waals surface area (Å²) in [5, 5.41) is 0. The number of hydrogen-bond acceptors (Lipinski definition) is 2. The third-order valence-corrected chi connectivity index (χ3v) is 1.18. The molecule has 0 rings (SSSR count). The third kappa shape index (κ3) is 4.05. The van der Waals surface area contributed by atoms with Crippen molar-refractivity contribution in [1.82, 2.24) is 4.90 Å². The first-order valence-corrected chi connectivity index (χ1v) is 3.30. The number of ether oxygens (including phenoxy) is 1. The van der Waals surface area contributed by atoms with Gasteiger partial charge in [-0.1, -0.05) is 0 Å². The quantitative estimate of drug-likeness (QED) is 0.654. The Kier molecular flexibility index (Phi) is 3.85. The zero-order valence-corrected chi connectivity index (χ0v) is 6.81. The second kappa shape index (κ2) is 4.18. The second-order valence-electron chi connectivity index (χ2n) is 2.10. The minimum Gasteiger partial charge on any atom is -0.453 e. The molecule has 0 saturated heterocycles. The molecule has 0 aromatic rings. The molecule has 0 saturated carbocycles. The molecule has 0 heterocycles. The summed E-state index contributed by atoms with van der Waals surface area (Å²) in [5.41, 5.74) is 0. The van der Waals surface area contributed by atoms with Crippen molar-refractivity contribution >= 4 is 6.09 Å². The third-order valence-electron chi connectivity index (χ3n) is 1.18. The summed E-state index contributed by atoms with van der Waals surface area (Å²) in [4.78, 5) is 11.2. The van der Waals surface area contributed by atoms with E-state index in [9.17, 15) is 18.0 Å². The van der Waals surface area contributed by atoms with Crippen LogP contribution in [-0.4, -0.2) is 37.4 Å². The van der Waals surface area contributed by atoms with Crippen LogP contribution in [0.1, 0.15) is 6.92 Å². The highest BCUT2D eigenvalue weighted by Crippen LogP contribution is 2.16. The fourth-order valence-electron chi connectivity index (χ4n) is 0.651. The van der Waals surface area contributed by atoms with E-state index in [-0.39, 0.29) is 6.54 Å². The van der Waals surface area contributed by atoms with Gasteiger partial charge < -0.3 is 4.74 Å². The zero-order chi connectivity index (χ0) is 9.78. The van der Waals surface area contributed by atoms with Gasteiger partial charge in [0.1, 0.15) is 6.54 Å². The van der Waals surface area contributed by atoms with Crippen molar-refractivity contribution in [1.29, 1.82) is 0 Å². The van der Waals surface area contributed by atoms with Crippen LogP contribution in [0.5, 0.6) is 0 Å². The van der Waals surface area contributed by atoms with Gasteiger partial charge in [0.05, 0.1) is 7.11 Å². The summed E-state index contributed by atoms with van der Waals surface area (Å²) >= 11 is 0. The van der Waals surface area contributed by atoms with E-state index in [4.69, 9.17) is 0 Å². The SMILES string of the molecule is CCN(CC(F)(F)F)C(=O)OC. The minimum absolute atomic E-state index is 0.0216. The Balaban J connectivity index is 4.09. The van der Waals surface area contributed by atoms with E-state index in [1.165, 1.54) is 6.92 Å². The van der Waals surface area contributed by atoms with Gasteiger partial charge in [-0.25, -0.2) is 4.79 Å². The van der Waals surface area contributed by atoms with E-state index in [1.807, 2.05) is 0 Å². The number of alkyl halides is 3. The van der Waals surface area contributed by atoms with Gasteiger partial charge in [-0.3, -0.25) is 4.90 Å². The Bertz CT molecular complexity index is 157. The van der Waals surface area contributed by atoms with Crippen molar-refractivity contribution < 1.29 is 22.7 Å². The first-order valence-electron chi connectivity index (χ1n) is 3.30. The van der Waals surface area contributed by atoms with Crippen LogP contribution in [0, 0.1) is 0 Å². The maximum Gasteiger partial charge on any atom is 0.409 e. The molecule has 72 valence electrons. The van der Waals surface area contributed by atoms with Crippen LogP contribution in [0.3, 0.4) is 0 Å². The summed E-state index contributed by atoms with van der Waals surface area (Å²) in [6.07, 6.45) is -5.33. The van der Waals surface area contributed by atoms with Gasteiger partial charge in [0.25, 0.3) is 0 Å². The maximum absolute atomic E-state index is 11.7. The van der Waals surface area contributed by atoms with E-state index < -0.39 is 18.8 Å². The molecule has 0 aliphatic rings. The molecular weight excluding hydrogens is 175 g/mol. The first kappa shape index (κ1) is 11.1. The Morgan fingerprint density at radius 2 is 2.00 bits per heavy atom. The van der Waals surface area contributed by atoms with Crippen LogP contribution in [0.4, 0.5) is 18.0 Å². The fourth-order valence-corrected chi connectivity index (χ4v) is 0.651. The van der Waals surface area contributed by atoms with E-state index in [2.05, 4.69) is 4.74 Å². The van der Waals surface area contributed by atoms with Crippen molar-refractivity contribution in [3.8, 4) is 0 Å². The zero-order valence-electron chi connectivity index (χ0n) is 6.81. The van der Waals surface area contributed by atoms with Gasteiger partial charge in [0, 0.05) is 6.54 Å². The molecule has 3 nitrogen and oxygen atoms in total. The summed E-state index contributed by atoms with van der Waals surface area (Å²) < 4.78 is 39.4. The standard InChI is InChI=1S/C6H10F3NO2/c1-3-10(5(11)12-2)4-6(7,8)9/h3-4H2,1-2H3. The van der Waals surface area contributed by atoms with Crippen LogP contribution in [0.2, 0.25) is 0 Å². The average molecular weight is 185 g/mol. The number of nitrogens with zero attached hydrogens (tertiary/aromatic N) is 1. The molecule has 0 aromatic heterocycles. The number of rotatable bonds is 2. The van der Waals surface area contributed by atoms with Gasteiger partial charge in [-0.05, 0) is 6.92 Å². The molecule has 0 spiro atoms. The van der Waals surface area contributed by atoms with Crippen molar-refractivity contribution in [2.24, 2.45) is 0 Å². The molecule has 0 aromatic carbocycles. The highest BCUT2D eigenvalue weighted by atomic mass is 19.4. The highest BCUT2D eigenvalue weighted by molar-refractivity contribution is 5.67. The van der Waals surface area contributed by atoms with Crippen LogP contribution < -0.4 is 0 Å². The largest absolute Gasteiger partial charge is 0.453 e. The van der Waals surface area contributed by atoms with Crippen molar-refractivity contribution in [3.05, 3.63) is 0 Å². The molecule has 0 aliphatic heterocycles. The van der Waals surface area contributed by atoms with Crippen LogP contribution >= 0.6 is 0 Å². The molecule has 0 bridgehead atoms. The average Bonchev–Trinajstić information content (AvgIpc) is 1.97. The summed E-state index contributed by atoms with van der Waals surface area (Å²) in [6.45, 7) is 0.158. The van der Waals surface area contributed by atoms with Gasteiger partial charge in [0.2, 0.25) is 0 Å². The maximum atomic E-state index is 11.7. The lowest BCUT2D eigenvalue weighted by Gasteiger charge is -2.20. The summed E-state index contributed by atoms with van der Waals surface area (Å²) in [6, 6.07) is 0. The van der Waals surface area contributed by atoms with Crippen LogP contribution in [-0.2, 0) is 4.74 Å². The predicted molar refractivity (Wildman–Crippen MR) is 35.7 cm³/mol. The van der Waals surface area contributed by atoms with E-state index in [0.29, 0.717) is 4.90 Å². The molecule has 6 heteroatoms. The van der Waals surface area contributed by atoms with E-state index >= 15 is 0 Å². The second-order valence-corrected chi connectivity index (χ2v) is 2.10. The lowest BCUT2D eigenvalue weighted by Crippen LogP contribution is -2.38. The molecule has 0 fully saturated rings. The van der Waals surface area contributed by atoms with Crippen molar-refractivity contribution in [2.45, 2.75) is 13.1 Å². The number of halogens is 3. The Labute approximate surface area is 68.1 Å². The van der Waals surface area contributed by atoms with Gasteiger partial charge in [-0.15, -0.1) is 0 Å². The minimum atomic E-state index is -4.37. The predicted octanol–water partition coefficient (Wildman–Crippen LogP) is 1.64. The number of amides is 1. The molecule has 0 unspecified atom stereocenters. The molecule has 1 amide bonds. The van der Waals surface area contributed by atoms with Crippen molar-refractivity contribution in [2.75, 3.05) is 20.2 Å². The number of carbonyl (C=O) groups excluding carboxylic acids is 1. The van der Waals surface area contributed by atoms with Crippen molar-refractivity contribution in [3.63, 3.8) is 0 Å². The Morgan fingerprint density at radius 1 is 1.50 bits per heavy atom. The summed E-state index contributed by atoms with van der Waals surface area (Å²) in [5.74, 6) is 0. The van der Waals surface area contributed by atoms with Crippen LogP contribution in [0.25, 0.3) is 0 Å². The Morgan fingerprint density at radius 3 is 2.25 bits per heavy atom. The van der Waals surface area contributed by atoms with Gasteiger partial charge >= 0.3 is 12.3 Å². The van der Waals surface area contributed by atoms with Gasteiger partial charge in [-0.2, -0.15) is 13.2 Å². The molecule has 12 heavy (non-hydrogen) atoms. The number of hydrogen-bond donors (Lipinski definition) is 0. The number of carbonyl (C=O) groups is 1. The monoisotopic (exact) mass is 185 g/mol. The molecule has 0 aliphatic carbocycles. The Hall–Kier alpha value is -0.940. The van der Waals surface area contributed by atoms with Crippen LogP contribution in [0.15, 0.2) is 0 Å². The van der Waals surface area contributed by atoms with E-state index in [1.54, 1.807) is 0 Å². The summed E-state index contributed by atoms with van der Waals surface area (Å²) in [7, 11) is 1.04.